The first kappa shape index (κ1) is 9.16. The Bertz CT molecular complexity index is 692. The second-order valence-corrected chi connectivity index (χ2v) is 3.89. The number of para-hydroxylation sites is 1. The molecule has 78 valence electrons. The summed E-state index contributed by atoms with van der Waals surface area (Å²) in [5.41, 5.74) is 3.11. The molecule has 0 N–H and O–H groups in total. The molecule has 0 spiro atoms. The van der Waals surface area contributed by atoms with Gasteiger partial charge in [-0.25, -0.2) is 0 Å². The fourth-order valence-corrected chi connectivity index (χ4v) is 2.05. The Kier molecular flexibility index (Phi) is 1.83. The molecule has 1 heterocycles. The summed E-state index contributed by atoms with van der Waals surface area (Å²) in [6.07, 6.45) is 0.861. The first-order chi connectivity index (χ1) is 7.81. The molecule has 2 heteroatoms. The molecule has 0 amide bonds. The molecule has 0 atom stereocenters. The van der Waals surface area contributed by atoms with Crippen LogP contribution in [0.3, 0.4) is 0 Å². The first-order valence-electron chi connectivity index (χ1n) is 5.17. The molecule has 0 fully saturated rings. The van der Waals surface area contributed by atoms with Crippen molar-refractivity contribution in [3.05, 3.63) is 47.5 Å². The van der Waals surface area contributed by atoms with Crippen molar-refractivity contribution in [3.8, 4) is 0 Å². The van der Waals surface area contributed by atoms with Gasteiger partial charge in [0.2, 0.25) is 0 Å². The summed E-state index contributed by atoms with van der Waals surface area (Å²) < 4.78 is 5.72. The fourth-order valence-electron chi connectivity index (χ4n) is 2.05. The maximum atomic E-state index is 11.1. The van der Waals surface area contributed by atoms with Gasteiger partial charge >= 0.3 is 0 Å². The third-order valence-corrected chi connectivity index (χ3v) is 2.92. The van der Waals surface area contributed by atoms with Crippen LogP contribution in [0.5, 0.6) is 0 Å². The first-order valence-corrected chi connectivity index (χ1v) is 5.17. The standard InChI is InChI=1S/C14H10O2/c1-9-6-7-11-10-4-2-3-5-13(10)16-14(11)12(9)8-15/h2-8H,1H3. The molecule has 0 bridgehead atoms. The van der Waals surface area contributed by atoms with Crippen molar-refractivity contribution in [2.45, 2.75) is 6.92 Å². The molecular weight excluding hydrogens is 200 g/mol. The van der Waals surface area contributed by atoms with Crippen LogP contribution in [0.4, 0.5) is 0 Å². The number of aryl methyl sites for hydroxylation is 1. The zero-order chi connectivity index (χ0) is 11.1. The summed E-state index contributed by atoms with van der Waals surface area (Å²) in [6.45, 7) is 1.91. The van der Waals surface area contributed by atoms with Gasteiger partial charge in [-0.1, -0.05) is 30.3 Å². The lowest BCUT2D eigenvalue weighted by Crippen LogP contribution is -1.85. The summed E-state index contributed by atoms with van der Waals surface area (Å²) in [6, 6.07) is 11.8. The highest BCUT2D eigenvalue weighted by Gasteiger charge is 2.11. The molecule has 0 aliphatic rings. The van der Waals surface area contributed by atoms with E-state index in [1.807, 2.05) is 43.3 Å². The van der Waals surface area contributed by atoms with E-state index in [4.69, 9.17) is 4.42 Å². The summed E-state index contributed by atoms with van der Waals surface area (Å²) in [5, 5.41) is 2.06. The van der Waals surface area contributed by atoms with E-state index in [-0.39, 0.29) is 0 Å². The minimum absolute atomic E-state index is 0.647. The number of hydrogen-bond acceptors (Lipinski definition) is 2. The van der Waals surface area contributed by atoms with E-state index in [2.05, 4.69) is 0 Å². The van der Waals surface area contributed by atoms with Crippen molar-refractivity contribution >= 4 is 28.2 Å². The van der Waals surface area contributed by atoms with Gasteiger partial charge in [0.15, 0.2) is 6.29 Å². The van der Waals surface area contributed by atoms with Gasteiger partial charge in [0.05, 0.1) is 5.56 Å². The maximum Gasteiger partial charge on any atom is 0.154 e. The molecule has 0 saturated heterocycles. The van der Waals surface area contributed by atoms with E-state index in [1.54, 1.807) is 0 Å². The molecule has 0 radical (unpaired) electrons. The van der Waals surface area contributed by atoms with E-state index in [0.717, 1.165) is 28.2 Å². The minimum atomic E-state index is 0.647. The van der Waals surface area contributed by atoms with E-state index in [0.29, 0.717) is 11.1 Å². The predicted molar refractivity (Wildman–Crippen MR) is 63.8 cm³/mol. The van der Waals surface area contributed by atoms with Crippen molar-refractivity contribution in [1.29, 1.82) is 0 Å². The normalized spacial score (nSPS) is 11.1. The van der Waals surface area contributed by atoms with Crippen LogP contribution < -0.4 is 0 Å². The highest BCUT2D eigenvalue weighted by molar-refractivity contribution is 6.10. The van der Waals surface area contributed by atoms with Gasteiger partial charge in [-0.05, 0) is 18.6 Å². The Morgan fingerprint density at radius 1 is 1.06 bits per heavy atom. The number of carbonyl (C=O) groups excluding carboxylic acids is 1. The van der Waals surface area contributed by atoms with Crippen LogP contribution in [0.15, 0.2) is 40.8 Å². The molecule has 1 aromatic heterocycles. The Morgan fingerprint density at radius 2 is 1.88 bits per heavy atom. The van der Waals surface area contributed by atoms with Gasteiger partial charge in [0, 0.05) is 10.8 Å². The number of carbonyl (C=O) groups is 1. The number of aldehydes is 1. The lowest BCUT2D eigenvalue weighted by molar-refractivity contribution is 0.112. The van der Waals surface area contributed by atoms with Gasteiger partial charge in [-0.2, -0.15) is 0 Å². The van der Waals surface area contributed by atoms with Gasteiger partial charge in [-0.15, -0.1) is 0 Å². The molecule has 16 heavy (non-hydrogen) atoms. The average molecular weight is 210 g/mol. The zero-order valence-electron chi connectivity index (χ0n) is 8.86. The third kappa shape index (κ3) is 1.10. The second-order valence-electron chi connectivity index (χ2n) is 3.89. The van der Waals surface area contributed by atoms with Crippen molar-refractivity contribution in [2.75, 3.05) is 0 Å². The summed E-state index contributed by atoms with van der Waals surface area (Å²) in [5.74, 6) is 0. The lowest BCUT2D eigenvalue weighted by atomic mass is 10.1. The Hall–Kier alpha value is -2.09. The van der Waals surface area contributed by atoms with Crippen LogP contribution in [0.2, 0.25) is 0 Å². The summed E-state index contributed by atoms with van der Waals surface area (Å²) in [4.78, 5) is 11.1. The van der Waals surface area contributed by atoms with Crippen molar-refractivity contribution < 1.29 is 9.21 Å². The van der Waals surface area contributed by atoms with E-state index >= 15 is 0 Å². The molecule has 2 aromatic carbocycles. The maximum absolute atomic E-state index is 11.1. The highest BCUT2D eigenvalue weighted by atomic mass is 16.3. The lowest BCUT2D eigenvalue weighted by Gasteiger charge is -1.97. The second kappa shape index (κ2) is 3.20. The quantitative estimate of drug-likeness (QED) is 0.573. The number of rotatable bonds is 1. The SMILES string of the molecule is Cc1ccc2c(oc3ccccc32)c1C=O. The molecule has 0 aliphatic heterocycles. The van der Waals surface area contributed by atoms with Crippen LogP contribution in [0.1, 0.15) is 15.9 Å². The van der Waals surface area contributed by atoms with E-state index in [1.165, 1.54) is 0 Å². The minimum Gasteiger partial charge on any atom is -0.455 e. The third-order valence-electron chi connectivity index (χ3n) is 2.92. The smallest absolute Gasteiger partial charge is 0.154 e. The number of hydrogen-bond donors (Lipinski definition) is 0. The predicted octanol–water partition coefficient (Wildman–Crippen LogP) is 3.71. The van der Waals surface area contributed by atoms with Gasteiger partial charge in [0.25, 0.3) is 0 Å². The van der Waals surface area contributed by atoms with Crippen molar-refractivity contribution in [3.63, 3.8) is 0 Å². The van der Waals surface area contributed by atoms with Crippen LogP contribution >= 0.6 is 0 Å². The van der Waals surface area contributed by atoms with E-state index in [9.17, 15) is 4.79 Å². The monoisotopic (exact) mass is 210 g/mol. The molecule has 3 aromatic rings. The van der Waals surface area contributed by atoms with Gasteiger partial charge in [-0.3, -0.25) is 4.79 Å². The van der Waals surface area contributed by atoms with Crippen LogP contribution in [-0.2, 0) is 0 Å². The topological polar surface area (TPSA) is 30.2 Å². The van der Waals surface area contributed by atoms with Gasteiger partial charge < -0.3 is 4.42 Å². The van der Waals surface area contributed by atoms with Gasteiger partial charge in [0.1, 0.15) is 11.2 Å². The largest absolute Gasteiger partial charge is 0.455 e. The average Bonchev–Trinajstić information content (AvgIpc) is 2.67. The molecule has 2 nitrogen and oxygen atoms in total. The molecular formula is C14H10O2. The number of furan rings is 1. The van der Waals surface area contributed by atoms with Crippen molar-refractivity contribution in [1.82, 2.24) is 0 Å². The van der Waals surface area contributed by atoms with E-state index < -0.39 is 0 Å². The Labute approximate surface area is 92.5 Å². The Morgan fingerprint density at radius 3 is 2.69 bits per heavy atom. The molecule has 0 aliphatic carbocycles. The highest BCUT2D eigenvalue weighted by Crippen LogP contribution is 2.31. The van der Waals surface area contributed by atoms with Crippen LogP contribution in [0, 0.1) is 6.92 Å². The number of fused-ring (bicyclic) bond motifs is 3. The summed E-state index contributed by atoms with van der Waals surface area (Å²) >= 11 is 0. The molecule has 0 saturated carbocycles. The Balaban J connectivity index is 2.58. The van der Waals surface area contributed by atoms with Crippen molar-refractivity contribution in [2.24, 2.45) is 0 Å². The molecule has 3 rings (SSSR count). The molecule has 0 unspecified atom stereocenters. The zero-order valence-corrected chi connectivity index (χ0v) is 8.86. The number of benzene rings is 2. The summed E-state index contributed by atoms with van der Waals surface area (Å²) in [7, 11) is 0. The fraction of sp³-hybridized carbons (Fsp3) is 0.0714. The van der Waals surface area contributed by atoms with Crippen LogP contribution in [-0.4, -0.2) is 6.29 Å². The van der Waals surface area contributed by atoms with Crippen LogP contribution in [0.25, 0.3) is 21.9 Å².